The van der Waals surface area contributed by atoms with Crippen LogP contribution in [-0.4, -0.2) is 34.7 Å². The van der Waals surface area contributed by atoms with Gasteiger partial charge in [0.2, 0.25) is 5.91 Å². The van der Waals surface area contributed by atoms with Gasteiger partial charge in [0.15, 0.2) is 0 Å². The molecule has 2 amide bonds. The smallest absolute Gasteiger partial charge is 0.255 e. The van der Waals surface area contributed by atoms with Gasteiger partial charge in [0, 0.05) is 31.8 Å². The normalized spacial score (nSPS) is 10.4. The molecule has 0 aliphatic heterocycles. The minimum Gasteiger partial charge on any atom is -0.355 e. The van der Waals surface area contributed by atoms with E-state index >= 15 is 0 Å². The van der Waals surface area contributed by atoms with Gasteiger partial charge in [-0.05, 0) is 25.1 Å². The molecule has 0 atom stereocenters. The number of amides is 2. The first-order chi connectivity index (χ1) is 13.0. The Hall–Kier alpha value is -3.41. The van der Waals surface area contributed by atoms with Gasteiger partial charge >= 0.3 is 0 Å². The number of aryl methyl sites for hydroxylation is 1. The van der Waals surface area contributed by atoms with Crippen molar-refractivity contribution < 1.29 is 9.59 Å². The Labute approximate surface area is 158 Å². The van der Waals surface area contributed by atoms with Crippen molar-refractivity contribution in [3.05, 3.63) is 71.9 Å². The molecule has 3 rings (SSSR count). The number of nitrogens with one attached hydrogen (secondary N) is 2. The molecule has 27 heavy (non-hydrogen) atoms. The fourth-order valence-corrected chi connectivity index (χ4v) is 2.77. The third kappa shape index (κ3) is 4.61. The lowest BCUT2D eigenvalue weighted by atomic mass is 10.1. The van der Waals surface area contributed by atoms with Crippen molar-refractivity contribution in [1.29, 1.82) is 0 Å². The summed E-state index contributed by atoms with van der Waals surface area (Å²) in [7, 11) is 0. The minimum atomic E-state index is -0.223. The number of benzene rings is 2. The van der Waals surface area contributed by atoms with Gasteiger partial charge in [-0.1, -0.05) is 42.0 Å². The molecular formula is C21H22N4O2. The molecule has 1 heterocycles. The van der Waals surface area contributed by atoms with E-state index in [2.05, 4.69) is 15.7 Å². The van der Waals surface area contributed by atoms with Gasteiger partial charge in [-0.25, -0.2) is 4.68 Å². The summed E-state index contributed by atoms with van der Waals surface area (Å²) in [5.74, 6) is -0.347. The van der Waals surface area contributed by atoms with Crippen LogP contribution >= 0.6 is 0 Å². The summed E-state index contributed by atoms with van der Waals surface area (Å²) in [4.78, 5) is 23.7. The first kappa shape index (κ1) is 18.4. The third-order valence-electron chi connectivity index (χ3n) is 4.06. The standard InChI is InChI=1S/C21H22N4O2/c1-15-7-6-8-17(13-15)20-19(21(27)23-12-11-22-16(2)26)14-25(24-20)18-9-4-3-5-10-18/h3-10,13-14H,11-12H2,1-2H3,(H,22,26)(H,23,27). The van der Waals surface area contributed by atoms with Crippen LogP contribution in [0.3, 0.4) is 0 Å². The van der Waals surface area contributed by atoms with Crippen LogP contribution in [0.5, 0.6) is 0 Å². The molecule has 3 aromatic rings. The first-order valence-electron chi connectivity index (χ1n) is 8.79. The van der Waals surface area contributed by atoms with Crippen molar-refractivity contribution in [3.63, 3.8) is 0 Å². The number of rotatable bonds is 6. The maximum absolute atomic E-state index is 12.7. The molecule has 0 unspecified atom stereocenters. The van der Waals surface area contributed by atoms with Gasteiger partial charge < -0.3 is 10.6 Å². The van der Waals surface area contributed by atoms with E-state index in [-0.39, 0.29) is 11.8 Å². The molecule has 1 aromatic heterocycles. The molecule has 2 aromatic carbocycles. The van der Waals surface area contributed by atoms with Gasteiger partial charge in [-0.15, -0.1) is 0 Å². The largest absolute Gasteiger partial charge is 0.355 e. The molecule has 0 saturated heterocycles. The van der Waals surface area contributed by atoms with Crippen LogP contribution in [0, 0.1) is 6.92 Å². The van der Waals surface area contributed by atoms with Crippen molar-refractivity contribution in [3.8, 4) is 16.9 Å². The van der Waals surface area contributed by atoms with Crippen molar-refractivity contribution in [2.75, 3.05) is 13.1 Å². The van der Waals surface area contributed by atoms with Gasteiger partial charge in [0.1, 0.15) is 5.69 Å². The maximum Gasteiger partial charge on any atom is 0.255 e. The minimum absolute atomic E-state index is 0.124. The zero-order valence-corrected chi connectivity index (χ0v) is 15.4. The first-order valence-corrected chi connectivity index (χ1v) is 8.79. The van der Waals surface area contributed by atoms with E-state index < -0.39 is 0 Å². The van der Waals surface area contributed by atoms with Gasteiger partial charge in [0.25, 0.3) is 5.91 Å². The number of nitrogens with zero attached hydrogens (tertiary/aromatic N) is 2. The van der Waals surface area contributed by atoms with Gasteiger partial charge in [-0.2, -0.15) is 5.10 Å². The molecule has 0 aliphatic carbocycles. The van der Waals surface area contributed by atoms with E-state index in [9.17, 15) is 9.59 Å². The zero-order chi connectivity index (χ0) is 19.2. The molecule has 0 bridgehead atoms. The molecule has 0 aliphatic rings. The average Bonchev–Trinajstić information content (AvgIpc) is 3.11. The predicted molar refractivity (Wildman–Crippen MR) is 105 cm³/mol. The van der Waals surface area contributed by atoms with Crippen molar-refractivity contribution >= 4 is 11.8 Å². The molecule has 6 nitrogen and oxygen atoms in total. The second kappa shape index (κ2) is 8.31. The maximum atomic E-state index is 12.7. The Bertz CT molecular complexity index is 948. The van der Waals surface area contributed by atoms with Crippen LogP contribution in [0.15, 0.2) is 60.8 Å². The monoisotopic (exact) mass is 362 g/mol. The summed E-state index contributed by atoms with van der Waals surface area (Å²) in [5.41, 5.74) is 3.98. The summed E-state index contributed by atoms with van der Waals surface area (Å²) < 4.78 is 1.71. The van der Waals surface area contributed by atoms with Crippen LogP contribution in [0.1, 0.15) is 22.8 Å². The summed E-state index contributed by atoms with van der Waals surface area (Å²) in [6.07, 6.45) is 1.74. The summed E-state index contributed by atoms with van der Waals surface area (Å²) >= 11 is 0. The lowest BCUT2D eigenvalue weighted by Crippen LogP contribution is -2.33. The van der Waals surface area contributed by atoms with Crippen LogP contribution in [0.4, 0.5) is 0 Å². The van der Waals surface area contributed by atoms with Crippen LogP contribution in [0.25, 0.3) is 16.9 Å². The molecule has 0 saturated carbocycles. The molecule has 138 valence electrons. The van der Waals surface area contributed by atoms with E-state index in [1.165, 1.54) is 6.92 Å². The molecule has 6 heteroatoms. The zero-order valence-electron chi connectivity index (χ0n) is 15.4. The van der Waals surface area contributed by atoms with Crippen LogP contribution in [-0.2, 0) is 4.79 Å². The fraction of sp³-hybridized carbons (Fsp3) is 0.190. The molecule has 2 N–H and O–H groups in total. The lowest BCUT2D eigenvalue weighted by molar-refractivity contribution is -0.118. The van der Waals surface area contributed by atoms with Crippen LogP contribution < -0.4 is 10.6 Å². The van der Waals surface area contributed by atoms with E-state index in [0.717, 1.165) is 16.8 Å². The average molecular weight is 362 g/mol. The second-order valence-electron chi connectivity index (χ2n) is 6.28. The highest BCUT2D eigenvalue weighted by atomic mass is 16.2. The van der Waals surface area contributed by atoms with Gasteiger partial charge in [-0.3, -0.25) is 9.59 Å². The van der Waals surface area contributed by atoms with Crippen molar-refractivity contribution in [2.45, 2.75) is 13.8 Å². The highest BCUT2D eigenvalue weighted by Gasteiger charge is 2.18. The SMILES string of the molecule is CC(=O)NCCNC(=O)c1cn(-c2ccccc2)nc1-c1cccc(C)c1. The van der Waals surface area contributed by atoms with Crippen LogP contribution in [0.2, 0.25) is 0 Å². The Kier molecular flexibility index (Phi) is 5.66. The van der Waals surface area contributed by atoms with Crippen molar-refractivity contribution in [1.82, 2.24) is 20.4 Å². The van der Waals surface area contributed by atoms with Crippen molar-refractivity contribution in [2.24, 2.45) is 0 Å². The summed E-state index contributed by atoms with van der Waals surface area (Å²) in [5, 5.41) is 10.2. The third-order valence-corrected chi connectivity index (χ3v) is 4.06. The molecule has 0 spiro atoms. The van der Waals surface area contributed by atoms with E-state index in [1.807, 2.05) is 61.5 Å². The number of para-hydroxylation sites is 1. The van der Waals surface area contributed by atoms with E-state index in [0.29, 0.717) is 24.3 Å². The van der Waals surface area contributed by atoms with E-state index in [1.54, 1.807) is 10.9 Å². The summed E-state index contributed by atoms with van der Waals surface area (Å²) in [6, 6.07) is 17.6. The number of hydrogen-bond acceptors (Lipinski definition) is 3. The van der Waals surface area contributed by atoms with Gasteiger partial charge in [0.05, 0.1) is 11.3 Å². The number of carbonyl (C=O) groups excluding carboxylic acids is 2. The molecule has 0 radical (unpaired) electrons. The summed E-state index contributed by atoms with van der Waals surface area (Å²) in [6.45, 7) is 4.18. The Balaban J connectivity index is 1.92. The highest BCUT2D eigenvalue weighted by Crippen LogP contribution is 2.24. The predicted octanol–water partition coefficient (Wildman–Crippen LogP) is 2.71. The number of carbonyl (C=O) groups is 2. The topological polar surface area (TPSA) is 76.0 Å². The Morgan fingerprint density at radius 2 is 1.74 bits per heavy atom. The second-order valence-corrected chi connectivity index (χ2v) is 6.28. The number of hydrogen-bond donors (Lipinski definition) is 2. The molecular weight excluding hydrogens is 340 g/mol. The highest BCUT2D eigenvalue weighted by molar-refractivity contribution is 6.00. The number of aromatic nitrogens is 2. The quantitative estimate of drug-likeness (QED) is 0.662. The van der Waals surface area contributed by atoms with E-state index in [4.69, 9.17) is 0 Å². The molecule has 0 fully saturated rings. The lowest BCUT2D eigenvalue weighted by Gasteiger charge is -2.06. The Morgan fingerprint density at radius 1 is 1.00 bits per heavy atom. The fourth-order valence-electron chi connectivity index (χ4n) is 2.77. The Morgan fingerprint density at radius 3 is 2.44 bits per heavy atom.